The van der Waals surface area contributed by atoms with Crippen molar-refractivity contribution in [3.8, 4) is 5.69 Å². The molecule has 0 aliphatic carbocycles. The summed E-state index contributed by atoms with van der Waals surface area (Å²) in [4.78, 5) is 24.6. The van der Waals surface area contributed by atoms with Gasteiger partial charge in [-0.15, -0.1) is 0 Å². The molecule has 1 aromatic heterocycles. The lowest BCUT2D eigenvalue weighted by Crippen LogP contribution is -2.48. The summed E-state index contributed by atoms with van der Waals surface area (Å²) in [6, 6.07) is 4.14. The minimum absolute atomic E-state index is 0.0539. The summed E-state index contributed by atoms with van der Waals surface area (Å²) < 4.78 is 59.4. The smallest absolute Gasteiger partial charge is 0.434 e. The Morgan fingerprint density at radius 2 is 1.89 bits per heavy atom. The van der Waals surface area contributed by atoms with Gasteiger partial charge < -0.3 is 14.7 Å². The maximum atomic E-state index is 13.6. The summed E-state index contributed by atoms with van der Waals surface area (Å²) in [5.74, 6) is -2.96. The molecule has 0 saturated carbocycles. The molecule has 0 radical (unpaired) electrons. The number of hydrogen-bond acceptors (Lipinski definition) is 4. The van der Waals surface area contributed by atoms with Crippen LogP contribution in [0.4, 0.5) is 17.6 Å². The summed E-state index contributed by atoms with van der Waals surface area (Å²) in [7, 11) is 0. The third-order valence-corrected chi connectivity index (χ3v) is 3.97. The van der Waals surface area contributed by atoms with Crippen molar-refractivity contribution >= 4 is 11.9 Å². The van der Waals surface area contributed by atoms with Crippen LogP contribution in [0.25, 0.3) is 5.69 Å². The molecule has 1 atom stereocenters. The van der Waals surface area contributed by atoms with Crippen molar-refractivity contribution in [1.29, 1.82) is 0 Å². The van der Waals surface area contributed by atoms with E-state index in [1.54, 1.807) is 0 Å². The van der Waals surface area contributed by atoms with E-state index in [2.05, 4.69) is 5.10 Å². The Morgan fingerprint density at radius 1 is 1.22 bits per heavy atom. The first-order valence-corrected chi connectivity index (χ1v) is 7.73. The van der Waals surface area contributed by atoms with E-state index in [0.717, 1.165) is 35.4 Å². The fourth-order valence-electron chi connectivity index (χ4n) is 2.71. The molecular weight excluding hydrogens is 374 g/mol. The number of carbonyl (C=O) groups is 2. The summed E-state index contributed by atoms with van der Waals surface area (Å²) in [5, 5.41) is 12.6. The Balaban J connectivity index is 1.99. The Kier molecular flexibility index (Phi) is 4.87. The molecule has 1 fully saturated rings. The normalized spacial score (nSPS) is 17.8. The van der Waals surface area contributed by atoms with Gasteiger partial charge in [-0.25, -0.2) is 13.9 Å². The number of benzene rings is 1. The second-order valence-corrected chi connectivity index (χ2v) is 5.74. The van der Waals surface area contributed by atoms with Gasteiger partial charge in [0.1, 0.15) is 5.82 Å². The zero-order valence-corrected chi connectivity index (χ0v) is 13.6. The molecule has 1 aromatic carbocycles. The van der Waals surface area contributed by atoms with Crippen LogP contribution in [0.15, 0.2) is 30.5 Å². The fraction of sp³-hybridized carbons (Fsp3) is 0.312. The molecule has 3 rings (SSSR count). The van der Waals surface area contributed by atoms with E-state index in [1.807, 2.05) is 0 Å². The first-order valence-electron chi connectivity index (χ1n) is 7.73. The molecule has 1 aliphatic rings. The van der Waals surface area contributed by atoms with Gasteiger partial charge >= 0.3 is 12.1 Å². The zero-order valence-electron chi connectivity index (χ0n) is 13.6. The molecule has 11 heteroatoms. The molecule has 0 spiro atoms. The highest BCUT2D eigenvalue weighted by Gasteiger charge is 2.42. The number of halogens is 4. The van der Waals surface area contributed by atoms with E-state index in [-0.39, 0.29) is 25.4 Å². The third-order valence-electron chi connectivity index (χ3n) is 3.97. The number of nitrogens with zero attached hydrogens (tertiary/aromatic N) is 3. The topological polar surface area (TPSA) is 84.7 Å². The largest absolute Gasteiger partial charge is 0.479 e. The Labute approximate surface area is 149 Å². The number of aliphatic carboxylic acids is 1. The number of amides is 1. The van der Waals surface area contributed by atoms with Gasteiger partial charge in [0.05, 0.1) is 30.6 Å². The second-order valence-electron chi connectivity index (χ2n) is 5.74. The molecule has 1 amide bonds. The molecule has 2 heterocycles. The number of carboxylic acids is 1. The number of rotatable bonds is 3. The zero-order chi connectivity index (χ0) is 19.8. The van der Waals surface area contributed by atoms with Gasteiger partial charge in [0.15, 0.2) is 11.8 Å². The number of carboxylic acid groups (broad SMARTS) is 1. The molecule has 1 saturated heterocycles. The van der Waals surface area contributed by atoms with Crippen molar-refractivity contribution in [2.24, 2.45) is 0 Å². The molecular formula is C16H13F4N3O4. The quantitative estimate of drug-likeness (QED) is 0.814. The second kappa shape index (κ2) is 6.99. The highest BCUT2D eigenvalue weighted by molar-refractivity contribution is 5.96. The maximum absolute atomic E-state index is 13.6. The van der Waals surface area contributed by atoms with Crippen LogP contribution < -0.4 is 0 Å². The van der Waals surface area contributed by atoms with E-state index in [9.17, 15) is 27.2 Å². The van der Waals surface area contributed by atoms with Gasteiger partial charge in [-0.2, -0.15) is 18.3 Å². The van der Waals surface area contributed by atoms with Crippen LogP contribution in [0.5, 0.6) is 0 Å². The van der Waals surface area contributed by atoms with E-state index in [4.69, 9.17) is 9.84 Å². The van der Waals surface area contributed by atoms with Crippen molar-refractivity contribution in [2.45, 2.75) is 12.3 Å². The molecule has 27 heavy (non-hydrogen) atoms. The first kappa shape index (κ1) is 18.8. The van der Waals surface area contributed by atoms with Gasteiger partial charge in [0.25, 0.3) is 5.91 Å². The SMILES string of the molecule is O=C(O)C1CN(C(=O)c2cnn(-c3ccc(F)cc3)c2C(F)(F)F)CCO1. The highest BCUT2D eigenvalue weighted by Crippen LogP contribution is 2.34. The van der Waals surface area contributed by atoms with Gasteiger partial charge in [0.2, 0.25) is 0 Å². The predicted octanol–water partition coefficient (Wildman–Crippen LogP) is 1.96. The highest BCUT2D eigenvalue weighted by atomic mass is 19.4. The number of aromatic nitrogens is 2. The van der Waals surface area contributed by atoms with Crippen LogP contribution in [0.2, 0.25) is 0 Å². The number of alkyl halides is 3. The molecule has 7 nitrogen and oxygen atoms in total. The van der Waals surface area contributed by atoms with Crippen molar-refractivity contribution in [3.63, 3.8) is 0 Å². The molecule has 2 aromatic rings. The number of carbonyl (C=O) groups excluding carboxylic acids is 1. The minimum atomic E-state index is -4.92. The first-order chi connectivity index (χ1) is 12.7. The lowest BCUT2D eigenvalue weighted by molar-refractivity contribution is -0.154. The molecule has 1 unspecified atom stereocenters. The van der Waals surface area contributed by atoms with Gasteiger partial charge in [-0.1, -0.05) is 0 Å². The van der Waals surface area contributed by atoms with Crippen LogP contribution in [0, 0.1) is 5.82 Å². The van der Waals surface area contributed by atoms with Crippen LogP contribution in [-0.4, -0.2) is 57.5 Å². The van der Waals surface area contributed by atoms with Gasteiger partial charge in [-0.05, 0) is 24.3 Å². The molecule has 0 bridgehead atoms. The van der Waals surface area contributed by atoms with Crippen molar-refractivity contribution < 1.29 is 37.0 Å². The number of hydrogen-bond donors (Lipinski definition) is 1. The maximum Gasteiger partial charge on any atom is 0.434 e. The Morgan fingerprint density at radius 3 is 2.48 bits per heavy atom. The molecule has 1 N–H and O–H groups in total. The minimum Gasteiger partial charge on any atom is -0.479 e. The van der Waals surface area contributed by atoms with Crippen molar-refractivity contribution in [1.82, 2.24) is 14.7 Å². The molecule has 144 valence electrons. The standard InChI is InChI=1S/C16H13F4N3O4/c17-9-1-3-10(4-2-9)23-13(16(18,19)20)11(7-21-23)14(24)22-5-6-27-12(8-22)15(25)26/h1-4,7,12H,5-6,8H2,(H,25,26). The predicted molar refractivity (Wildman–Crippen MR) is 81.8 cm³/mol. The van der Waals surface area contributed by atoms with E-state index >= 15 is 0 Å². The van der Waals surface area contributed by atoms with Crippen molar-refractivity contribution in [2.75, 3.05) is 19.7 Å². The summed E-state index contributed by atoms with van der Waals surface area (Å²) in [6.45, 7) is -0.551. The number of ether oxygens (including phenoxy) is 1. The third kappa shape index (κ3) is 3.77. The van der Waals surface area contributed by atoms with Crippen LogP contribution in [0.3, 0.4) is 0 Å². The van der Waals surface area contributed by atoms with Crippen LogP contribution in [-0.2, 0) is 15.7 Å². The average Bonchev–Trinajstić information content (AvgIpc) is 3.07. The van der Waals surface area contributed by atoms with E-state index < -0.39 is 41.2 Å². The van der Waals surface area contributed by atoms with Gasteiger partial charge in [-0.3, -0.25) is 4.79 Å². The lowest BCUT2D eigenvalue weighted by atomic mass is 10.1. The van der Waals surface area contributed by atoms with Crippen molar-refractivity contribution in [3.05, 3.63) is 47.5 Å². The number of morpholine rings is 1. The average molecular weight is 387 g/mol. The van der Waals surface area contributed by atoms with Crippen LogP contribution in [0.1, 0.15) is 16.1 Å². The van der Waals surface area contributed by atoms with E-state index in [0.29, 0.717) is 4.68 Å². The summed E-state index contributed by atoms with van der Waals surface area (Å²) in [5.41, 5.74) is -2.12. The lowest BCUT2D eigenvalue weighted by Gasteiger charge is -2.31. The molecule has 1 aliphatic heterocycles. The Bertz CT molecular complexity index is 864. The fourth-order valence-corrected chi connectivity index (χ4v) is 2.71. The van der Waals surface area contributed by atoms with E-state index in [1.165, 1.54) is 0 Å². The monoisotopic (exact) mass is 387 g/mol. The Hall–Kier alpha value is -2.95. The summed E-state index contributed by atoms with van der Waals surface area (Å²) >= 11 is 0. The van der Waals surface area contributed by atoms with Crippen LogP contribution >= 0.6 is 0 Å². The van der Waals surface area contributed by atoms with Gasteiger partial charge in [0, 0.05) is 6.54 Å². The summed E-state index contributed by atoms with van der Waals surface area (Å²) in [6.07, 6.45) is -5.47.